The van der Waals surface area contributed by atoms with Crippen LogP contribution in [0.3, 0.4) is 0 Å². The SMILES string of the molecule is NC(=O)[C@@H]1[C@H](C(=O)Nc2ccc(I)cc2)[C@@H]2C=C[C@H]1C21CC1. The van der Waals surface area contributed by atoms with E-state index in [0.29, 0.717) is 0 Å². The lowest BCUT2D eigenvalue weighted by molar-refractivity contribution is -0.130. The molecule has 3 aliphatic rings. The van der Waals surface area contributed by atoms with Crippen LogP contribution in [-0.4, -0.2) is 11.8 Å². The lowest BCUT2D eigenvalue weighted by Gasteiger charge is -2.24. The lowest BCUT2D eigenvalue weighted by Crippen LogP contribution is -2.39. The number of nitrogens with two attached hydrogens (primary N) is 1. The topological polar surface area (TPSA) is 72.2 Å². The molecule has 0 saturated heterocycles. The molecule has 1 aromatic carbocycles. The minimum Gasteiger partial charge on any atom is -0.369 e. The lowest BCUT2D eigenvalue weighted by atomic mass is 9.82. The third kappa shape index (κ3) is 1.94. The van der Waals surface area contributed by atoms with E-state index in [2.05, 4.69) is 40.1 Å². The number of nitrogens with one attached hydrogen (secondary N) is 1. The normalized spacial score (nSPS) is 33.1. The van der Waals surface area contributed by atoms with E-state index in [-0.39, 0.29) is 40.9 Å². The second-order valence-electron chi connectivity index (χ2n) is 6.62. The van der Waals surface area contributed by atoms with E-state index in [9.17, 15) is 9.59 Å². The zero-order chi connectivity index (χ0) is 15.5. The Labute approximate surface area is 142 Å². The van der Waals surface area contributed by atoms with Crippen molar-refractivity contribution in [1.29, 1.82) is 0 Å². The van der Waals surface area contributed by atoms with Crippen LogP contribution in [0, 0.1) is 32.7 Å². The van der Waals surface area contributed by atoms with Gasteiger partial charge in [-0.05, 0) is 76.9 Å². The van der Waals surface area contributed by atoms with Gasteiger partial charge in [-0.25, -0.2) is 0 Å². The van der Waals surface area contributed by atoms with Gasteiger partial charge in [0.25, 0.3) is 0 Å². The van der Waals surface area contributed by atoms with Crippen LogP contribution < -0.4 is 11.1 Å². The number of hydrogen-bond donors (Lipinski definition) is 2. The number of carbonyl (C=O) groups excluding carboxylic acids is 2. The predicted octanol–water partition coefficient (Wildman–Crippen LogP) is 2.54. The van der Waals surface area contributed by atoms with Crippen molar-refractivity contribution in [3.8, 4) is 0 Å². The quantitative estimate of drug-likeness (QED) is 0.596. The van der Waals surface area contributed by atoms with Crippen LogP contribution in [0.25, 0.3) is 0 Å². The van der Waals surface area contributed by atoms with Crippen molar-refractivity contribution < 1.29 is 9.59 Å². The second kappa shape index (κ2) is 4.81. The molecule has 4 atom stereocenters. The van der Waals surface area contributed by atoms with Crippen molar-refractivity contribution in [2.75, 3.05) is 5.32 Å². The molecule has 2 bridgehead atoms. The van der Waals surface area contributed by atoms with Gasteiger partial charge in [0.15, 0.2) is 0 Å². The molecule has 3 aliphatic carbocycles. The minimum atomic E-state index is -0.360. The van der Waals surface area contributed by atoms with Gasteiger partial charge in [0, 0.05) is 9.26 Å². The third-order valence-electron chi connectivity index (χ3n) is 5.58. The highest BCUT2D eigenvalue weighted by atomic mass is 127. The summed E-state index contributed by atoms with van der Waals surface area (Å²) >= 11 is 2.22. The molecule has 3 N–H and O–H groups in total. The summed E-state index contributed by atoms with van der Waals surface area (Å²) in [6.45, 7) is 0. The van der Waals surface area contributed by atoms with Gasteiger partial charge >= 0.3 is 0 Å². The highest BCUT2D eigenvalue weighted by Crippen LogP contribution is 2.71. The van der Waals surface area contributed by atoms with Crippen LogP contribution in [0.4, 0.5) is 5.69 Å². The van der Waals surface area contributed by atoms with Crippen LogP contribution in [0.1, 0.15) is 12.8 Å². The Hall–Kier alpha value is -1.37. The molecular formula is C17H17IN2O2. The first-order chi connectivity index (χ1) is 10.5. The molecule has 2 fully saturated rings. The number of allylic oxidation sites excluding steroid dienone is 2. The molecule has 22 heavy (non-hydrogen) atoms. The Morgan fingerprint density at radius 2 is 1.68 bits per heavy atom. The van der Waals surface area contributed by atoms with Crippen molar-refractivity contribution in [3.05, 3.63) is 40.0 Å². The van der Waals surface area contributed by atoms with Crippen LogP contribution in [0.5, 0.6) is 0 Å². The first-order valence-corrected chi connectivity index (χ1v) is 8.65. The van der Waals surface area contributed by atoms with Crippen molar-refractivity contribution >= 4 is 40.1 Å². The summed E-state index contributed by atoms with van der Waals surface area (Å²) in [5.41, 5.74) is 6.54. The summed E-state index contributed by atoms with van der Waals surface area (Å²) in [6.07, 6.45) is 6.45. The van der Waals surface area contributed by atoms with E-state index in [4.69, 9.17) is 5.73 Å². The van der Waals surface area contributed by atoms with Gasteiger partial charge in [-0.15, -0.1) is 0 Å². The van der Waals surface area contributed by atoms with Gasteiger partial charge in [0.1, 0.15) is 0 Å². The van der Waals surface area contributed by atoms with Crippen molar-refractivity contribution in [2.24, 2.45) is 34.8 Å². The summed E-state index contributed by atoms with van der Waals surface area (Å²) in [6, 6.07) is 7.67. The minimum absolute atomic E-state index is 0.0758. The zero-order valence-corrected chi connectivity index (χ0v) is 14.1. The van der Waals surface area contributed by atoms with Crippen LogP contribution >= 0.6 is 22.6 Å². The van der Waals surface area contributed by atoms with Crippen molar-refractivity contribution in [3.63, 3.8) is 0 Å². The Morgan fingerprint density at radius 1 is 1.09 bits per heavy atom. The first kappa shape index (κ1) is 14.2. The van der Waals surface area contributed by atoms with Crippen LogP contribution in [0.2, 0.25) is 0 Å². The highest BCUT2D eigenvalue weighted by molar-refractivity contribution is 14.1. The van der Waals surface area contributed by atoms with E-state index < -0.39 is 0 Å². The fraction of sp³-hybridized carbons (Fsp3) is 0.412. The molecule has 2 amide bonds. The number of benzene rings is 1. The molecule has 2 saturated carbocycles. The highest BCUT2D eigenvalue weighted by Gasteiger charge is 2.69. The maximum atomic E-state index is 12.8. The molecule has 0 heterocycles. The Bertz CT molecular complexity index is 678. The Kier molecular flexibility index (Phi) is 3.11. The number of halogens is 1. The third-order valence-corrected chi connectivity index (χ3v) is 6.30. The average Bonchev–Trinajstić information content (AvgIpc) is 3.15. The number of rotatable bonds is 3. The van der Waals surface area contributed by atoms with E-state index in [1.807, 2.05) is 24.3 Å². The van der Waals surface area contributed by atoms with E-state index in [0.717, 1.165) is 22.1 Å². The second-order valence-corrected chi connectivity index (χ2v) is 7.87. The average molecular weight is 408 g/mol. The molecule has 1 aromatic rings. The predicted molar refractivity (Wildman–Crippen MR) is 91.8 cm³/mol. The fourth-order valence-corrected chi connectivity index (χ4v) is 4.86. The number of carbonyl (C=O) groups is 2. The van der Waals surface area contributed by atoms with E-state index in [1.165, 1.54) is 0 Å². The van der Waals surface area contributed by atoms with Gasteiger partial charge in [-0.1, -0.05) is 12.2 Å². The Balaban J connectivity index is 1.60. The van der Waals surface area contributed by atoms with Crippen molar-refractivity contribution in [2.45, 2.75) is 12.8 Å². The van der Waals surface area contributed by atoms with E-state index in [1.54, 1.807) is 0 Å². The molecular weight excluding hydrogens is 391 g/mol. The fourth-order valence-electron chi connectivity index (χ4n) is 4.50. The molecule has 5 heteroatoms. The molecule has 0 aliphatic heterocycles. The monoisotopic (exact) mass is 408 g/mol. The smallest absolute Gasteiger partial charge is 0.228 e. The summed E-state index contributed by atoms with van der Waals surface area (Å²) in [5.74, 6) is -0.782. The summed E-state index contributed by atoms with van der Waals surface area (Å²) in [7, 11) is 0. The number of primary amides is 1. The Morgan fingerprint density at radius 3 is 2.23 bits per heavy atom. The maximum absolute atomic E-state index is 12.8. The van der Waals surface area contributed by atoms with Gasteiger partial charge in [0.05, 0.1) is 11.8 Å². The largest absolute Gasteiger partial charge is 0.369 e. The van der Waals surface area contributed by atoms with Crippen LogP contribution in [0.15, 0.2) is 36.4 Å². The van der Waals surface area contributed by atoms with E-state index >= 15 is 0 Å². The molecule has 0 radical (unpaired) electrons. The molecule has 0 unspecified atom stereocenters. The molecule has 114 valence electrons. The first-order valence-electron chi connectivity index (χ1n) is 7.57. The van der Waals surface area contributed by atoms with Gasteiger partial charge < -0.3 is 11.1 Å². The molecule has 4 nitrogen and oxygen atoms in total. The summed E-state index contributed by atoms with van der Waals surface area (Å²) in [5, 5.41) is 2.96. The van der Waals surface area contributed by atoms with Gasteiger partial charge in [-0.2, -0.15) is 0 Å². The molecule has 0 aromatic heterocycles. The summed E-state index contributed by atoms with van der Waals surface area (Å²) < 4.78 is 1.12. The standard InChI is InChI=1S/C17H17IN2O2/c18-9-1-3-10(4-2-9)20-16(22)14-12-6-5-11(13(14)15(19)21)17(12)7-8-17/h1-6,11-14H,7-8H2,(H2,19,21)(H,20,22)/t11-,12+,13+,14-/m1/s1. The maximum Gasteiger partial charge on any atom is 0.228 e. The van der Waals surface area contributed by atoms with Gasteiger partial charge in [0.2, 0.25) is 11.8 Å². The van der Waals surface area contributed by atoms with Crippen LogP contribution in [-0.2, 0) is 9.59 Å². The zero-order valence-electron chi connectivity index (χ0n) is 12.0. The number of amides is 2. The van der Waals surface area contributed by atoms with Crippen molar-refractivity contribution in [1.82, 2.24) is 0 Å². The number of anilines is 1. The molecule has 1 spiro atoms. The molecule has 4 rings (SSSR count). The summed E-state index contributed by atoms with van der Waals surface area (Å²) in [4.78, 5) is 24.7. The van der Waals surface area contributed by atoms with Gasteiger partial charge in [-0.3, -0.25) is 9.59 Å². The number of hydrogen-bond acceptors (Lipinski definition) is 2.